The summed E-state index contributed by atoms with van der Waals surface area (Å²) in [6.45, 7) is 9.48. The molecule has 0 saturated heterocycles. The van der Waals surface area contributed by atoms with Crippen molar-refractivity contribution >= 4 is 35.4 Å². The van der Waals surface area contributed by atoms with Crippen molar-refractivity contribution in [2.75, 3.05) is 108 Å². The highest BCUT2D eigenvalue weighted by molar-refractivity contribution is 5.77. The smallest absolute Gasteiger partial charge is 0.302 e. The predicted molar refractivity (Wildman–Crippen MR) is 206 cm³/mol. The molecule has 1 rings (SSSR count). The summed E-state index contributed by atoms with van der Waals surface area (Å²) in [5.74, 6) is -3.62. The Morgan fingerprint density at radius 2 is 0.828 bits per heavy atom. The first kappa shape index (κ1) is 54.0. The Balaban J connectivity index is 0.00000119. The van der Waals surface area contributed by atoms with Gasteiger partial charge in [-0.25, -0.2) is 0 Å². The molecule has 1 aromatic carbocycles. The quantitative estimate of drug-likeness (QED) is 0.0777. The lowest BCUT2D eigenvalue weighted by atomic mass is 9.77. The molecule has 1 aromatic rings. The molecule has 0 aromatic heterocycles. The molecular formula is C40H64O18. The lowest BCUT2D eigenvalue weighted by molar-refractivity contribution is -0.149. The minimum atomic E-state index is -0.577. The second-order valence-corrected chi connectivity index (χ2v) is 13.2. The second-order valence-electron chi connectivity index (χ2n) is 13.2. The van der Waals surface area contributed by atoms with E-state index >= 15 is 0 Å². The fraction of sp³-hybridized carbons (Fsp3) is 0.700. The van der Waals surface area contributed by atoms with Gasteiger partial charge in [0.05, 0.1) is 66.1 Å². The van der Waals surface area contributed by atoms with Crippen LogP contribution in [0.1, 0.15) is 53.0 Å². The molecule has 0 spiro atoms. The third kappa shape index (κ3) is 27.6. The van der Waals surface area contributed by atoms with Crippen LogP contribution in [0.2, 0.25) is 0 Å². The van der Waals surface area contributed by atoms with Gasteiger partial charge in [0, 0.05) is 73.9 Å². The van der Waals surface area contributed by atoms with E-state index in [9.17, 15) is 28.8 Å². The summed E-state index contributed by atoms with van der Waals surface area (Å²) in [5, 5.41) is 0. The van der Waals surface area contributed by atoms with Gasteiger partial charge in [-0.05, 0) is 31.5 Å². The zero-order valence-electron chi connectivity index (χ0n) is 35.6. The lowest BCUT2D eigenvalue weighted by Crippen LogP contribution is -2.36. The molecule has 0 aliphatic heterocycles. The van der Waals surface area contributed by atoms with Crippen molar-refractivity contribution in [2.24, 2.45) is 11.8 Å². The molecule has 0 aliphatic rings. The Morgan fingerprint density at radius 3 is 1.16 bits per heavy atom. The number of benzene rings is 1. The van der Waals surface area contributed by atoms with Crippen LogP contribution in [0.4, 0.5) is 0 Å². The Labute approximate surface area is 341 Å². The Bertz CT molecular complexity index is 1230. The molecule has 0 radical (unpaired) electrons. The molecule has 0 bridgehead atoms. The molecule has 0 atom stereocenters. The van der Waals surface area contributed by atoms with Crippen molar-refractivity contribution in [2.45, 2.75) is 65.8 Å². The fourth-order valence-electron chi connectivity index (χ4n) is 5.23. The number of esters is 4. The van der Waals surface area contributed by atoms with Crippen molar-refractivity contribution in [3.8, 4) is 5.75 Å². The van der Waals surface area contributed by atoms with Crippen molar-refractivity contribution in [3.63, 3.8) is 0 Å². The highest BCUT2D eigenvalue weighted by Crippen LogP contribution is 2.36. The van der Waals surface area contributed by atoms with E-state index in [2.05, 4.69) is 0 Å². The number of Topliss-reactive ketones (excluding diaryl/α,β-unsaturated/α-hetero) is 2. The lowest BCUT2D eigenvalue weighted by Gasteiger charge is -2.33. The van der Waals surface area contributed by atoms with Gasteiger partial charge in [0.2, 0.25) is 0 Å². The summed E-state index contributed by atoms with van der Waals surface area (Å²) < 4.78 is 63.8. The normalized spacial score (nSPS) is 11.2. The molecule has 0 saturated carbocycles. The minimum Gasteiger partial charge on any atom is -0.486 e. The van der Waals surface area contributed by atoms with Crippen molar-refractivity contribution in [3.05, 3.63) is 29.8 Å². The maximum absolute atomic E-state index is 11.5. The van der Waals surface area contributed by atoms with Gasteiger partial charge in [-0.2, -0.15) is 0 Å². The standard InChI is InChI=1S/C24H32O10.C16H32O8/c1-15(25)10-34-23-8-6-7-20(9-23)24(21(11-30-16(2)26)12-31-17(3)27)22(13-32-18(4)28)14-33-19(5)29;1-13(17)6-22-16(11-23-14(7-18-2)8-19-3)12-24-15(9-20-4)10-21-5/h6-9,21-22,24H,10-14H2,1-5H3;14-16H,6-12H2,1-5H3. The molecule has 332 valence electrons. The largest absolute Gasteiger partial charge is 0.486 e. The summed E-state index contributed by atoms with van der Waals surface area (Å²) in [7, 11) is 6.38. The SMILES string of the molecule is CC(=O)COc1cccc(C(C(COC(C)=O)COC(C)=O)C(COC(C)=O)COC(C)=O)c1.COCC(COC)OCC(COC(COC)COC)OCC(C)=O. The number of carbonyl (C=O) groups excluding carboxylic acids is 6. The van der Waals surface area contributed by atoms with Gasteiger partial charge in [-0.3, -0.25) is 28.8 Å². The molecular weight excluding hydrogens is 768 g/mol. The van der Waals surface area contributed by atoms with Crippen molar-refractivity contribution in [1.82, 2.24) is 0 Å². The third-order valence-electron chi connectivity index (χ3n) is 7.67. The van der Waals surface area contributed by atoms with Crippen LogP contribution < -0.4 is 4.74 Å². The maximum atomic E-state index is 11.5. The van der Waals surface area contributed by atoms with Crippen LogP contribution in [-0.4, -0.2) is 161 Å². The van der Waals surface area contributed by atoms with Gasteiger partial charge in [0.25, 0.3) is 0 Å². The molecule has 0 aliphatic carbocycles. The Hall–Kier alpha value is -4.04. The zero-order valence-corrected chi connectivity index (χ0v) is 35.6. The van der Waals surface area contributed by atoms with Crippen LogP contribution in [0.3, 0.4) is 0 Å². The number of ether oxygens (including phenoxy) is 12. The first-order valence-electron chi connectivity index (χ1n) is 18.6. The van der Waals surface area contributed by atoms with Gasteiger partial charge >= 0.3 is 23.9 Å². The van der Waals surface area contributed by atoms with Gasteiger partial charge in [0.1, 0.15) is 37.3 Å². The molecule has 0 heterocycles. The first-order valence-corrected chi connectivity index (χ1v) is 18.6. The van der Waals surface area contributed by atoms with Crippen molar-refractivity contribution < 1.29 is 85.6 Å². The van der Waals surface area contributed by atoms with Crippen LogP contribution in [0.15, 0.2) is 24.3 Å². The monoisotopic (exact) mass is 832 g/mol. The average Bonchev–Trinajstić information content (AvgIpc) is 3.15. The maximum Gasteiger partial charge on any atom is 0.302 e. The number of carbonyl (C=O) groups is 6. The molecule has 18 heteroatoms. The Morgan fingerprint density at radius 1 is 0.466 bits per heavy atom. The van der Waals surface area contributed by atoms with E-state index in [1.807, 2.05) is 0 Å². The molecule has 18 nitrogen and oxygen atoms in total. The number of hydrogen-bond donors (Lipinski definition) is 0. The van der Waals surface area contributed by atoms with Gasteiger partial charge in [0.15, 0.2) is 11.6 Å². The number of hydrogen-bond acceptors (Lipinski definition) is 18. The number of rotatable bonds is 31. The highest BCUT2D eigenvalue weighted by Gasteiger charge is 2.35. The Kier molecular flexibility index (Phi) is 30.6. The minimum absolute atomic E-state index is 0.00975. The molecule has 58 heavy (non-hydrogen) atoms. The molecule has 0 fully saturated rings. The van der Waals surface area contributed by atoms with Crippen LogP contribution in [0, 0.1) is 11.8 Å². The van der Waals surface area contributed by atoms with E-state index in [0.29, 0.717) is 37.7 Å². The van der Waals surface area contributed by atoms with Crippen LogP contribution in [-0.2, 0) is 80.9 Å². The predicted octanol–water partition coefficient (Wildman–Crippen LogP) is 2.54. The fourth-order valence-corrected chi connectivity index (χ4v) is 5.23. The average molecular weight is 833 g/mol. The highest BCUT2D eigenvalue weighted by atomic mass is 16.6. The van der Waals surface area contributed by atoms with Crippen LogP contribution in [0.5, 0.6) is 5.75 Å². The van der Waals surface area contributed by atoms with Gasteiger partial charge < -0.3 is 56.8 Å². The summed E-state index contributed by atoms with van der Waals surface area (Å²) in [5.41, 5.74) is 0.662. The molecule has 0 unspecified atom stereocenters. The summed E-state index contributed by atoms with van der Waals surface area (Å²) in [4.78, 5) is 68.6. The van der Waals surface area contributed by atoms with E-state index in [1.165, 1.54) is 41.5 Å². The molecule has 0 amide bonds. The number of ketones is 2. The molecule has 0 N–H and O–H groups in total. The van der Waals surface area contributed by atoms with E-state index in [-0.39, 0.29) is 82.7 Å². The van der Waals surface area contributed by atoms with Crippen LogP contribution in [0.25, 0.3) is 0 Å². The number of methoxy groups -OCH3 is 4. The summed E-state index contributed by atoms with van der Waals surface area (Å²) in [6, 6.07) is 6.84. The third-order valence-corrected chi connectivity index (χ3v) is 7.67. The summed E-state index contributed by atoms with van der Waals surface area (Å²) in [6.07, 6.45) is -0.810. The topological polar surface area (TPSA) is 213 Å². The zero-order chi connectivity index (χ0) is 43.9. The van der Waals surface area contributed by atoms with E-state index < -0.39 is 41.6 Å². The van der Waals surface area contributed by atoms with E-state index in [1.54, 1.807) is 52.7 Å². The van der Waals surface area contributed by atoms with E-state index in [4.69, 9.17) is 56.8 Å². The van der Waals surface area contributed by atoms with E-state index in [0.717, 1.165) is 0 Å². The first-order chi connectivity index (χ1) is 27.6. The second kappa shape index (κ2) is 32.9. The van der Waals surface area contributed by atoms with Crippen molar-refractivity contribution in [1.29, 1.82) is 0 Å². The van der Waals surface area contributed by atoms with Gasteiger partial charge in [-0.1, -0.05) is 12.1 Å². The van der Waals surface area contributed by atoms with Crippen LogP contribution >= 0.6 is 0 Å². The van der Waals surface area contributed by atoms with Gasteiger partial charge in [-0.15, -0.1) is 0 Å². The summed E-state index contributed by atoms with van der Waals surface area (Å²) >= 11 is 0.